The highest BCUT2D eigenvalue weighted by Crippen LogP contribution is 2.22. The van der Waals surface area contributed by atoms with Gasteiger partial charge in [0.05, 0.1) is 5.69 Å². The summed E-state index contributed by atoms with van der Waals surface area (Å²) in [7, 11) is 0. The van der Waals surface area contributed by atoms with Crippen molar-refractivity contribution in [3.05, 3.63) is 94.8 Å². The highest BCUT2D eigenvalue weighted by atomic mass is 35.5. The minimum absolute atomic E-state index is 0.0361. The number of amidine groups is 1. The molecule has 0 saturated carbocycles. The van der Waals surface area contributed by atoms with E-state index in [1.54, 1.807) is 60.7 Å². The van der Waals surface area contributed by atoms with Crippen LogP contribution in [0.2, 0.25) is 5.02 Å². The number of hydrogen-bond acceptors (Lipinski definition) is 3. The number of hydrogen-bond donors (Lipinski definition) is 4. The van der Waals surface area contributed by atoms with Gasteiger partial charge in [-0.05, 0) is 54.4 Å². The highest BCUT2D eigenvalue weighted by Gasteiger charge is 2.25. The van der Waals surface area contributed by atoms with Crippen LogP contribution in [0.25, 0.3) is 0 Å². The number of likely N-dealkylation sites (tertiary alicyclic amines) is 1. The summed E-state index contributed by atoms with van der Waals surface area (Å²) in [5, 5.41) is 16.5. The fourth-order valence-corrected chi connectivity index (χ4v) is 3.59. The van der Waals surface area contributed by atoms with Gasteiger partial charge < -0.3 is 20.9 Å². The molecule has 3 aromatic carbocycles. The van der Waals surface area contributed by atoms with Crippen molar-refractivity contribution < 1.29 is 14.0 Å². The lowest BCUT2D eigenvalue weighted by molar-refractivity contribution is -0.118. The molecule has 1 aliphatic heterocycles. The molecule has 9 heteroatoms. The van der Waals surface area contributed by atoms with Crippen molar-refractivity contribution in [2.45, 2.75) is 12.5 Å². The average Bonchev–Trinajstić information content (AvgIpc) is 2.79. The molecule has 1 atom stereocenters. The molecule has 4 rings (SSSR count). The highest BCUT2D eigenvalue weighted by molar-refractivity contribution is 6.30. The summed E-state index contributed by atoms with van der Waals surface area (Å²) in [6.45, 7) is 1.56. The number of halogens is 2. The lowest BCUT2D eigenvalue weighted by atomic mass is 10.1. The molecular formula is C25H23ClFN5O2. The van der Waals surface area contributed by atoms with E-state index in [4.69, 9.17) is 17.0 Å². The third-order valence-corrected chi connectivity index (χ3v) is 5.70. The quantitative estimate of drug-likeness (QED) is 0.295. The van der Waals surface area contributed by atoms with Crippen molar-refractivity contribution in [1.82, 2.24) is 10.2 Å². The molecule has 3 amide bonds. The minimum atomic E-state index is -1.08. The number of benzene rings is 3. The van der Waals surface area contributed by atoms with Gasteiger partial charge in [-0.25, -0.2) is 9.18 Å². The molecule has 0 radical (unpaired) electrons. The fraction of sp³-hybridized carbons (Fsp3) is 0.160. The van der Waals surface area contributed by atoms with Gasteiger partial charge in [-0.2, -0.15) is 0 Å². The van der Waals surface area contributed by atoms with Gasteiger partial charge in [0.1, 0.15) is 17.7 Å². The van der Waals surface area contributed by atoms with E-state index in [0.29, 0.717) is 21.8 Å². The van der Waals surface area contributed by atoms with Crippen LogP contribution in [0.3, 0.4) is 0 Å². The van der Waals surface area contributed by atoms with E-state index in [-0.39, 0.29) is 11.5 Å². The third-order valence-electron chi connectivity index (χ3n) is 5.45. The van der Waals surface area contributed by atoms with Gasteiger partial charge in [0.25, 0.3) is 5.91 Å². The van der Waals surface area contributed by atoms with Gasteiger partial charge in [-0.15, -0.1) is 0 Å². The van der Waals surface area contributed by atoms with E-state index in [1.165, 1.54) is 12.1 Å². The van der Waals surface area contributed by atoms with Gasteiger partial charge in [0.15, 0.2) is 0 Å². The van der Waals surface area contributed by atoms with Crippen molar-refractivity contribution in [3.8, 4) is 0 Å². The van der Waals surface area contributed by atoms with E-state index in [0.717, 1.165) is 19.5 Å². The van der Waals surface area contributed by atoms with Crippen molar-refractivity contribution in [2.24, 2.45) is 0 Å². The molecule has 174 valence electrons. The monoisotopic (exact) mass is 479 g/mol. The molecule has 0 aliphatic carbocycles. The molecule has 7 nitrogen and oxygen atoms in total. The number of carbonyl (C=O) groups is 2. The number of nitrogens with one attached hydrogen (secondary N) is 4. The molecule has 34 heavy (non-hydrogen) atoms. The molecule has 1 aliphatic rings. The summed E-state index contributed by atoms with van der Waals surface area (Å²) >= 11 is 5.87. The zero-order valence-electron chi connectivity index (χ0n) is 18.1. The number of rotatable bonds is 6. The van der Waals surface area contributed by atoms with Crippen molar-refractivity contribution >= 4 is 40.7 Å². The maximum atomic E-state index is 14.8. The lowest BCUT2D eigenvalue weighted by Gasteiger charge is -2.33. The van der Waals surface area contributed by atoms with E-state index >= 15 is 0 Å². The standard InChI is InChI=1S/C25H23ClFN5O2/c26-18-8-10-19(11-9-18)29-25(34)31-22(16-5-2-1-3-6-16)24(33)30-21-12-7-17(15-20(21)27)23(28)32-13-4-14-32/h1-3,5-12,15,22,28H,4,13-14H2,(H,30,33)(H2,29,31,34). The topological polar surface area (TPSA) is 97.3 Å². The van der Waals surface area contributed by atoms with E-state index in [9.17, 15) is 14.0 Å². The van der Waals surface area contributed by atoms with E-state index in [1.807, 2.05) is 4.90 Å². The van der Waals surface area contributed by atoms with Gasteiger partial charge in [0.2, 0.25) is 0 Å². The Morgan fingerprint density at radius 3 is 2.29 bits per heavy atom. The second kappa shape index (κ2) is 10.4. The van der Waals surface area contributed by atoms with Crippen LogP contribution in [0.1, 0.15) is 23.6 Å². The Labute approximate surface area is 201 Å². The predicted molar refractivity (Wildman–Crippen MR) is 131 cm³/mol. The second-order valence-electron chi connectivity index (χ2n) is 7.82. The van der Waals surface area contributed by atoms with E-state index in [2.05, 4.69) is 16.0 Å². The van der Waals surface area contributed by atoms with Crippen LogP contribution in [0.15, 0.2) is 72.8 Å². The Balaban J connectivity index is 1.49. The lowest BCUT2D eigenvalue weighted by Crippen LogP contribution is -2.42. The van der Waals surface area contributed by atoms with Crippen molar-refractivity contribution in [1.29, 1.82) is 5.41 Å². The summed E-state index contributed by atoms with van der Waals surface area (Å²) in [5.74, 6) is -1.01. The summed E-state index contributed by atoms with van der Waals surface area (Å²) in [5.41, 5.74) is 1.43. The summed E-state index contributed by atoms with van der Waals surface area (Å²) in [6.07, 6.45) is 1.01. The predicted octanol–water partition coefficient (Wildman–Crippen LogP) is 5.01. The van der Waals surface area contributed by atoms with Crippen LogP contribution >= 0.6 is 11.6 Å². The largest absolute Gasteiger partial charge is 0.356 e. The van der Waals surface area contributed by atoms with Crippen LogP contribution in [-0.2, 0) is 4.79 Å². The molecular weight excluding hydrogens is 457 g/mol. The SMILES string of the molecule is N=C(c1ccc(NC(=O)C(NC(=O)Nc2ccc(Cl)cc2)c2ccccc2)c(F)c1)N1CCC1. The maximum Gasteiger partial charge on any atom is 0.320 e. The molecule has 0 bridgehead atoms. The number of carbonyl (C=O) groups excluding carboxylic acids is 2. The molecule has 1 unspecified atom stereocenters. The Morgan fingerprint density at radius 1 is 0.971 bits per heavy atom. The number of amides is 3. The van der Waals surface area contributed by atoms with Gasteiger partial charge in [-0.1, -0.05) is 41.9 Å². The second-order valence-corrected chi connectivity index (χ2v) is 8.26. The smallest absolute Gasteiger partial charge is 0.320 e. The number of anilines is 2. The molecule has 4 N–H and O–H groups in total. The maximum absolute atomic E-state index is 14.8. The Kier molecular flexibility index (Phi) is 7.08. The summed E-state index contributed by atoms with van der Waals surface area (Å²) in [4.78, 5) is 27.5. The first-order chi connectivity index (χ1) is 16.4. The summed E-state index contributed by atoms with van der Waals surface area (Å²) < 4.78 is 14.8. The Hall–Kier alpha value is -3.91. The van der Waals surface area contributed by atoms with Crippen molar-refractivity contribution in [3.63, 3.8) is 0 Å². The number of nitrogens with zero attached hydrogens (tertiary/aromatic N) is 1. The van der Waals surface area contributed by atoms with Crippen LogP contribution in [0.5, 0.6) is 0 Å². The Morgan fingerprint density at radius 2 is 1.68 bits per heavy atom. The first-order valence-corrected chi connectivity index (χ1v) is 11.1. The van der Waals surface area contributed by atoms with Crippen LogP contribution in [-0.4, -0.2) is 35.8 Å². The molecule has 1 fully saturated rings. The van der Waals surface area contributed by atoms with Gasteiger partial charge >= 0.3 is 6.03 Å². The first-order valence-electron chi connectivity index (χ1n) is 10.7. The van der Waals surface area contributed by atoms with Gasteiger partial charge in [0, 0.05) is 29.4 Å². The fourth-order valence-electron chi connectivity index (χ4n) is 3.47. The van der Waals surface area contributed by atoms with E-state index < -0.39 is 23.8 Å². The van der Waals surface area contributed by atoms with Crippen molar-refractivity contribution in [2.75, 3.05) is 23.7 Å². The Bertz CT molecular complexity index is 1200. The zero-order valence-corrected chi connectivity index (χ0v) is 18.9. The van der Waals surface area contributed by atoms with Crippen LogP contribution in [0.4, 0.5) is 20.6 Å². The normalized spacial score (nSPS) is 13.4. The summed E-state index contributed by atoms with van der Waals surface area (Å²) in [6, 6.07) is 17.8. The first kappa shape index (κ1) is 23.3. The molecule has 0 aromatic heterocycles. The van der Waals surface area contributed by atoms with Gasteiger partial charge in [-0.3, -0.25) is 10.2 Å². The molecule has 1 heterocycles. The molecule has 0 spiro atoms. The molecule has 1 saturated heterocycles. The van der Waals surface area contributed by atoms with Crippen LogP contribution in [0, 0.1) is 11.2 Å². The third kappa shape index (κ3) is 5.52. The minimum Gasteiger partial charge on any atom is -0.356 e. The molecule has 3 aromatic rings. The zero-order chi connectivity index (χ0) is 24.1. The van der Waals surface area contributed by atoms with Crippen LogP contribution < -0.4 is 16.0 Å². The number of urea groups is 1. The average molecular weight is 480 g/mol.